The van der Waals surface area contributed by atoms with E-state index < -0.39 is 0 Å². The number of pyridine rings is 1. The molecule has 0 aliphatic rings. The lowest BCUT2D eigenvalue weighted by Crippen LogP contribution is -2.09. The SMILES string of the molecule is CC[C@H](C)Cc1nc(N)c(C#N)c(-c2ccc(N(C)C)cc2)c1C. The monoisotopic (exact) mass is 322 g/mol. The Morgan fingerprint density at radius 1 is 1.25 bits per heavy atom. The summed E-state index contributed by atoms with van der Waals surface area (Å²) in [6.07, 6.45) is 1.97. The Kier molecular flexibility index (Phi) is 5.46. The Morgan fingerprint density at radius 3 is 2.38 bits per heavy atom. The predicted molar refractivity (Wildman–Crippen MR) is 101 cm³/mol. The van der Waals surface area contributed by atoms with Crippen molar-refractivity contribution in [2.24, 2.45) is 5.92 Å². The molecule has 24 heavy (non-hydrogen) atoms. The lowest BCUT2D eigenvalue weighted by molar-refractivity contribution is 0.551. The Morgan fingerprint density at radius 2 is 1.88 bits per heavy atom. The molecule has 0 bridgehead atoms. The molecule has 1 aromatic carbocycles. The molecular formula is C20H26N4. The minimum Gasteiger partial charge on any atom is -0.383 e. The van der Waals surface area contributed by atoms with Gasteiger partial charge in [0.15, 0.2) is 0 Å². The van der Waals surface area contributed by atoms with Crippen molar-refractivity contribution in [3.63, 3.8) is 0 Å². The maximum atomic E-state index is 9.57. The van der Waals surface area contributed by atoms with Crippen LogP contribution in [0.2, 0.25) is 0 Å². The van der Waals surface area contributed by atoms with Crippen LogP contribution in [0.3, 0.4) is 0 Å². The molecule has 1 aromatic heterocycles. The van der Waals surface area contributed by atoms with Gasteiger partial charge in [-0.25, -0.2) is 4.98 Å². The number of nitrogens with two attached hydrogens (primary N) is 1. The van der Waals surface area contributed by atoms with Crippen LogP contribution in [0.25, 0.3) is 11.1 Å². The second-order valence-electron chi connectivity index (χ2n) is 6.59. The first-order valence-corrected chi connectivity index (χ1v) is 8.35. The zero-order valence-electron chi connectivity index (χ0n) is 15.2. The van der Waals surface area contributed by atoms with Crippen molar-refractivity contribution in [2.45, 2.75) is 33.6 Å². The van der Waals surface area contributed by atoms with E-state index >= 15 is 0 Å². The van der Waals surface area contributed by atoms with Crippen molar-refractivity contribution in [3.05, 3.63) is 41.1 Å². The first-order valence-electron chi connectivity index (χ1n) is 8.35. The van der Waals surface area contributed by atoms with Crippen LogP contribution in [0.15, 0.2) is 24.3 Å². The molecule has 0 saturated heterocycles. The van der Waals surface area contributed by atoms with Gasteiger partial charge in [-0.05, 0) is 42.5 Å². The van der Waals surface area contributed by atoms with Gasteiger partial charge in [0, 0.05) is 31.0 Å². The third-order valence-electron chi connectivity index (χ3n) is 4.59. The second-order valence-corrected chi connectivity index (χ2v) is 6.59. The van der Waals surface area contributed by atoms with Gasteiger partial charge in [-0.1, -0.05) is 32.4 Å². The Balaban J connectivity index is 2.60. The summed E-state index contributed by atoms with van der Waals surface area (Å²) in [5.74, 6) is 0.862. The molecule has 2 rings (SSSR count). The molecule has 0 aliphatic heterocycles. The second kappa shape index (κ2) is 7.35. The van der Waals surface area contributed by atoms with Gasteiger partial charge >= 0.3 is 0 Å². The van der Waals surface area contributed by atoms with E-state index in [1.54, 1.807) is 0 Å². The van der Waals surface area contributed by atoms with Gasteiger partial charge in [0.2, 0.25) is 0 Å². The highest BCUT2D eigenvalue weighted by molar-refractivity contribution is 5.79. The van der Waals surface area contributed by atoms with Crippen molar-refractivity contribution >= 4 is 11.5 Å². The smallest absolute Gasteiger partial charge is 0.142 e. The van der Waals surface area contributed by atoms with E-state index in [-0.39, 0.29) is 0 Å². The molecule has 1 heterocycles. The first-order chi connectivity index (χ1) is 11.4. The van der Waals surface area contributed by atoms with E-state index in [1.807, 2.05) is 33.2 Å². The molecular weight excluding hydrogens is 296 g/mol. The van der Waals surface area contributed by atoms with Crippen LogP contribution >= 0.6 is 0 Å². The highest BCUT2D eigenvalue weighted by Crippen LogP contribution is 2.33. The molecule has 0 aliphatic carbocycles. The quantitative estimate of drug-likeness (QED) is 0.897. The van der Waals surface area contributed by atoms with Gasteiger partial charge < -0.3 is 10.6 Å². The number of benzene rings is 1. The molecule has 0 spiro atoms. The van der Waals surface area contributed by atoms with Crippen molar-refractivity contribution in [2.75, 3.05) is 24.7 Å². The topological polar surface area (TPSA) is 65.9 Å². The standard InChI is InChI=1S/C20H26N4/c1-6-13(2)11-18-14(3)19(17(12-21)20(22)23-18)15-7-9-16(10-8-15)24(4)5/h7-10,13H,6,11H2,1-5H3,(H2,22,23)/t13-/m0/s1. The Bertz CT molecular complexity index is 755. The average Bonchev–Trinajstić information content (AvgIpc) is 2.57. The lowest BCUT2D eigenvalue weighted by atomic mass is 9.91. The largest absolute Gasteiger partial charge is 0.383 e. The van der Waals surface area contributed by atoms with Crippen molar-refractivity contribution in [3.8, 4) is 17.2 Å². The summed E-state index contributed by atoms with van der Waals surface area (Å²) in [6.45, 7) is 6.43. The molecule has 126 valence electrons. The number of aromatic nitrogens is 1. The van der Waals surface area contributed by atoms with E-state index in [1.165, 1.54) is 0 Å². The highest BCUT2D eigenvalue weighted by atomic mass is 15.1. The Hall–Kier alpha value is -2.54. The third-order valence-corrected chi connectivity index (χ3v) is 4.59. The Labute approximate surface area is 144 Å². The van der Waals surface area contributed by atoms with Crippen LogP contribution in [0.5, 0.6) is 0 Å². The predicted octanol–water partition coefficient (Wildman–Crippen LogP) is 4.17. The molecule has 1 atom stereocenters. The van der Waals surface area contributed by atoms with Crippen molar-refractivity contribution in [1.29, 1.82) is 5.26 Å². The van der Waals surface area contributed by atoms with Crippen LogP contribution in [0.4, 0.5) is 11.5 Å². The fraction of sp³-hybridized carbons (Fsp3) is 0.400. The first kappa shape index (κ1) is 17.8. The van der Waals surface area contributed by atoms with Crippen LogP contribution in [0, 0.1) is 24.2 Å². The zero-order valence-corrected chi connectivity index (χ0v) is 15.2. The molecule has 0 unspecified atom stereocenters. The summed E-state index contributed by atoms with van der Waals surface area (Å²) in [6, 6.07) is 10.4. The van der Waals surface area contributed by atoms with E-state index in [0.717, 1.165) is 40.9 Å². The molecule has 2 aromatic rings. The maximum Gasteiger partial charge on any atom is 0.142 e. The van der Waals surface area contributed by atoms with Gasteiger partial charge in [-0.2, -0.15) is 5.26 Å². The summed E-state index contributed by atoms with van der Waals surface area (Å²) < 4.78 is 0. The fourth-order valence-electron chi connectivity index (χ4n) is 2.82. The van der Waals surface area contributed by atoms with E-state index in [4.69, 9.17) is 5.73 Å². The van der Waals surface area contributed by atoms with Crippen LogP contribution < -0.4 is 10.6 Å². The van der Waals surface area contributed by atoms with Gasteiger partial charge in [-0.3, -0.25) is 0 Å². The number of hydrogen-bond donors (Lipinski definition) is 1. The minimum absolute atomic E-state index is 0.327. The zero-order chi connectivity index (χ0) is 17.9. The van der Waals surface area contributed by atoms with Crippen molar-refractivity contribution in [1.82, 2.24) is 4.98 Å². The van der Waals surface area contributed by atoms with Crippen LogP contribution in [0.1, 0.15) is 37.1 Å². The molecule has 0 amide bonds. The number of rotatable bonds is 5. The average molecular weight is 322 g/mol. The fourth-order valence-corrected chi connectivity index (χ4v) is 2.82. The number of nitrogens with zero attached hydrogens (tertiary/aromatic N) is 3. The molecule has 2 N–H and O–H groups in total. The number of nitriles is 1. The van der Waals surface area contributed by atoms with Gasteiger partial charge in [0.25, 0.3) is 0 Å². The minimum atomic E-state index is 0.327. The summed E-state index contributed by atoms with van der Waals surface area (Å²) in [4.78, 5) is 6.56. The van der Waals surface area contributed by atoms with E-state index in [2.05, 4.69) is 41.9 Å². The number of nitrogen functional groups attached to an aromatic ring is 1. The molecule has 0 fully saturated rings. The summed E-state index contributed by atoms with van der Waals surface area (Å²) in [7, 11) is 4.02. The summed E-state index contributed by atoms with van der Waals surface area (Å²) in [5.41, 5.74) is 11.7. The molecule has 0 radical (unpaired) electrons. The van der Waals surface area contributed by atoms with Gasteiger partial charge in [0.05, 0.1) is 0 Å². The highest BCUT2D eigenvalue weighted by Gasteiger charge is 2.18. The molecule has 4 heteroatoms. The number of hydrogen-bond acceptors (Lipinski definition) is 4. The van der Waals surface area contributed by atoms with Crippen LogP contribution in [-0.4, -0.2) is 19.1 Å². The molecule has 4 nitrogen and oxygen atoms in total. The lowest BCUT2D eigenvalue weighted by Gasteiger charge is -2.18. The summed E-state index contributed by atoms with van der Waals surface area (Å²) >= 11 is 0. The van der Waals surface area contributed by atoms with Gasteiger partial charge in [-0.15, -0.1) is 0 Å². The maximum absolute atomic E-state index is 9.57. The third kappa shape index (κ3) is 3.51. The molecule has 0 saturated carbocycles. The summed E-state index contributed by atoms with van der Waals surface area (Å²) in [5, 5.41) is 9.57. The van der Waals surface area contributed by atoms with Crippen molar-refractivity contribution < 1.29 is 0 Å². The van der Waals surface area contributed by atoms with E-state index in [0.29, 0.717) is 17.3 Å². The van der Waals surface area contributed by atoms with E-state index in [9.17, 15) is 5.26 Å². The van der Waals surface area contributed by atoms with Gasteiger partial charge in [0.1, 0.15) is 17.5 Å². The normalized spacial score (nSPS) is 11.8. The van der Waals surface area contributed by atoms with Crippen LogP contribution in [-0.2, 0) is 6.42 Å². The number of anilines is 2.